The zero-order valence-electron chi connectivity index (χ0n) is 31.1. The largest absolute Gasteiger partial charge is 0.507 e. The second kappa shape index (κ2) is 15.9. The van der Waals surface area contributed by atoms with E-state index in [0.717, 1.165) is 61.0 Å². The summed E-state index contributed by atoms with van der Waals surface area (Å²) in [4.78, 5) is 26.1. The molecule has 0 aliphatic heterocycles. The molecule has 0 saturated carbocycles. The number of phenolic OH excluding ortho intramolecular Hbond substituents is 2. The molecule has 46 heavy (non-hydrogen) atoms. The van der Waals surface area contributed by atoms with Crippen LogP contribution < -0.4 is 10.6 Å². The van der Waals surface area contributed by atoms with Crippen molar-refractivity contribution in [2.75, 3.05) is 26.2 Å². The minimum atomic E-state index is -0.258. The predicted molar refractivity (Wildman–Crippen MR) is 193 cm³/mol. The topological polar surface area (TPSA) is 98.7 Å². The molecule has 0 fully saturated rings. The van der Waals surface area contributed by atoms with E-state index in [1.165, 1.54) is 0 Å². The van der Waals surface area contributed by atoms with Gasteiger partial charge in [-0.2, -0.15) is 0 Å². The number of carbonyl (C=O) groups is 2. The minimum absolute atomic E-state index is 0.0998. The fourth-order valence-corrected chi connectivity index (χ4v) is 5.67. The van der Waals surface area contributed by atoms with Gasteiger partial charge < -0.3 is 20.8 Å². The number of phenols is 2. The van der Waals surface area contributed by atoms with Gasteiger partial charge >= 0.3 is 0 Å². The molecule has 2 aromatic rings. The van der Waals surface area contributed by atoms with Gasteiger partial charge in [-0.05, 0) is 71.9 Å². The number of hydrogen-bond donors (Lipinski definition) is 4. The van der Waals surface area contributed by atoms with Crippen molar-refractivity contribution in [2.45, 2.75) is 143 Å². The Morgan fingerprint density at radius 1 is 0.478 bits per heavy atom. The lowest BCUT2D eigenvalue weighted by molar-refractivity contribution is 0.0974. The van der Waals surface area contributed by atoms with Crippen LogP contribution in [0, 0.1) is 0 Å². The molecule has 0 aliphatic rings. The van der Waals surface area contributed by atoms with Gasteiger partial charge in [0.25, 0.3) is 0 Å². The maximum Gasteiger partial charge on any atom is 0.164 e. The number of Topliss-reactive ketones (excluding diaryl/α,β-unsaturated/α-hetero) is 2. The van der Waals surface area contributed by atoms with Crippen LogP contribution in [0.3, 0.4) is 0 Å². The lowest BCUT2D eigenvalue weighted by Crippen LogP contribution is -2.22. The quantitative estimate of drug-likeness (QED) is 0.115. The van der Waals surface area contributed by atoms with E-state index in [0.29, 0.717) is 48.6 Å². The Morgan fingerprint density at radius 2 is 0.739 bits per heavy atom. The van der Waals surface area contributed by atoms with Crippen LogP contribution in [0.1, 0.15) is 165 Å². The third kappa shape index (κ3) is 11.5. The van der Waals surface area contributed by atoms with Gasteiger partial charge in [0.1, 0.15) is 11.5 Å². The summed E-state index contributed by atoms with van der Waals surface area (Å²) in [6, 6.07) is 7.48. The monoisotopic (exact) mass is 636 g/mol. The molecule has 6 nitrogen and oxygen atoms in total. The molecule has 0 heterocycles. The van der Waals surface area contributed by atoms with Crippen molar-refractivity contribution in [3.8, 4) is 11.5 Å². The van der Waals surface area contributed by atoms with Crippen molar-refractivity contribution in [1.82, 2.24) is 10.6 Å². The summed E-state index contributed by atoms with van der Waals surface area (Å²) in [6.07, 6.45) is 5.20. The number of unbranched alkanes of at least 4 members (excludes halogenated alkanes) is 3. The zero-order chi connectivity index (χ0) is 35.1. The molecule has 4 N–H and O–H groups in total. The summed E-state index contributed by atoms with van der Waals surface area (Å²) in [7, 11) is 0. The van der Waals surface area contributed by atoms with Crippen molar-refractivity contribution in [3.63, 3.8) is 0 Å². The van der Waals surface area contributed by atoms with E-state index < -0.39 is 0 Å². The van der Waals surface area contributed by atoms with E-state index in [1.807, 2.05) is 24.3 Å². The smallest absolute Gasteiger partial charge is 0.164 e. The predicted octanol–water partition coefficient (Wildman–Crippen LogP) is 8.87. The molecule has 0 aromatic heterocycles. The highest BCUT2D eigenvalue weighted by Gasteiger charge is 2.29. The van der Waals surface area contributed by atoms with Gasteiger partial charge in [0, 0.05) is 59.3 Å². The molecule has 0 aliphatic carbocycles. The van der Waals surface area contributed by atoms with E-state index in [2.05, 4.69) is 93.7 Å². The van der Waals surface area contributed by atoms with E-state index in [9.17, 15) is 19.8 Å². The van der Waals surface area contributed by atoms with Gasteiger partial charge in [-0.25, -0.2) is 0 Å². The van der Waals surface area contributed by atoms with Crippen LogP contribution in [-0.2, 0) is 21.7 Å². The van der Waals surface area contributed by atoms with Crippen molar-refractivity contribution in [1.29, 1.82) is 0 Å². The number of aromatic hydroxyl groups is 2. The molecule has 0 spiro atoms. The van der Waals surface area contributed by atoms with Crippen molar-refractivity contribution < 1.29 is 19.8 Å². The highest BCUT2D eigenvalue weighted by Crippen LogP contribution is 2.41. The SMILES string of the molecule is CC(C)(C)c1cc(C(=O)CCNCCCCCCNCCC(=O)c2cc(C(C)(C)C)c(O)c(C(C)(C)C)c2)cc(C(C)(C)C)c1O. The number of nitrogens with one attached hydrogen (secondary N) is 2. The Bertz CT molecular complexity index is 1160. The summed E-state index contributed by atoms with van der Waals surface area (Å²) < 4.78 is 0. The Balaban J connectivity index is 1.70. The lowest BCUT2D eigenvalue weighted by atomic mass is 9.78. The molecule has 0 radical (unpaired) electrons. The number of carbonyl (C=O) groups excluding carboxylic acids is 2. The summed E-state index contributed by atoms with van der Waals surface area (Å²) in [6.45, 7) is 27.8. The fourth-order valence-electron chi connectivity index (χ4n) is 5.67. The average molecular weight is 637 g/mol. The minimum Gasteiger partial charge on any atom is -0.507 e. The van der Waals surface area contributed by atoms with E-state index in [-0.39, 0.29) is 33.2 Å². The molecule has 0 unspecified atom stereocenters. The summed E-state index contributed by atoms with van der Waals surface area (Å²) in [5, 5.41) is 28.7. The second-order valence-electron chi connectivity index (χ2n) is 17.1. The van der Waals surface area contributed by atoms with Gasteiger partial charge in [0.15, 0.2) is 11.6 Å². The normalized spacial score (nSPS) is 12.9. The first kappa shape index (κ1) is 39.5. The van der Waals surface area contributed by atoms with Gasteiger partial charge in [0.05, 0.1) is 0 Å². The molecule has 0 saturated heterocycles. The number of rotatable bonds is 15. The summed E-state index contributed by atoms with van der Waals surface area (Å²) >= 11 is 0. The van der Waals surface area contributed by atoms with Gasteiger partial charge in [0.2, 0.25) is 0 Å². The van der Waals surface area contributed by atoms with E-state index in [4.69, 9.17) is 0 Å². The van der Waals surface area contributed by atoms with Gasteiger partial charge in [-0.1, -0.05) is 95.9 Å². The lowest BCUT2D eigenvalue weighted by Gasteiger charge is -2.28. The highest BCUT2D eigenvalue weighted by atomic mass is 16.3. The molecule has 258 valence electrons. The standard InChI is InChI=1S/C40H64N2O4/c1-37(2,3)29-23-27(24-30(35(29)45)38(4,5)6)33(43)17-21-41-19-15-13-14-16-20-42-22-18-34(44)28-25-31(39(7,8)9)36(46)32(26-28)40(10,11)12/h23-26,41-42,45-46H,13-22H2,1-12H3. The van der Waals surface area contributed by atoms with E-state index in [1.54, 1.807) is 0 Å². The fraction of sp³-hybridized carbons (Fsp3) is 0.650. The molecule has 0 amide bonds. The Kier molecular flexibility index (Phi) is 13.7. The maximum absolute atomic E-state index is 13.1. The van der Waals surface area contributed by atoms with Crippen LogP contribution in [-0.4, -0.2) is 48.0 Å². The number of ketones is 2. The van der Waals surface area contributed by atoms with Crippen LogP contribution in [0.2, 0.25) is 0 Å². The first-order valence-corrected chi connectivity index (χ1v) is 17.3. The molecule has 6 heteroatoms. The third-order valence-corrected chi connectivity index (χ3v) is 8.61. The maximum atomic E-state index is 13.1. The van der Waals surface area contributed by atoms with Crippen LogP contribution in [0.15, 0.2) is 24.3 Å². The number of hydrogen-bond acceptors (Lipinski definition) is 6. The summed E-state index contributed by atoms with van der Waals surface area (Å²) in [5.74, 6) is 0.805. The van der Waals surface area contributed by atoms with Crippen molar-refractivity contribution >= 4 is 11.6 Å². The first-order chi connectivity index (χ1) is 21.0. The molecule has 2 aromatic carbocycles. The summed E-state index contributed by atoms with van der Waals surface area (Å²) in [5.41, 5.74) is 3.60. The van der Waals surface area contributed by atoms with Crippen LogP contribution in [0.5, 0.6) is 11.5 Å². The average Bonchev–Trinajstić information content (AvgIpc) is 2.90. The first-order valence-electron chi connectivity index (χ1n) is 17.3. The number of benzene rings is 2. The molecule has 0 bridgehead atoms. The third-order valence-electron chi connectivity index (χ3n) is 8.61. The van der Waals surface area contributed by atoms with Crippen molar-refractivity contribution in [3.05, 3.63) is 57.6 Å². The molecular weight excluding hydrogens is 572 g/mol. The Hall–Kier alpha value is -2.70. The van der Waals surface area contributed by atoms with Crippen LogP contribution in [0.25, 0.3) is 0 Å². The van der Waals surface area contributed by atoms with Crippen molar-refractivity contribution in [2.24, 2.45) is 0 Å². The van der Waals surface area contributed by atoms with Gasteiger partial charge in [-0.3, -0.25) is 9.59 Å². The molecule has 2 rings (SSSR count). The zero-order valence-corrected chi connectivity index (χ0v) is 31.1. The molecule has 0 atom stereocenters. The Labute approximate surface area is 280 Å². The Morgan fingerprint density at radius 3 is 0.978 bits per heavy atom. The highest BCUT2D eigenvalue weighted by molar-refractivity contribution is 5.97. The van der Waals surface area contributed by atoms with E-state index >= 15 is 0 Å². The second-order valence-corrected chi connectivity index (χ2v) is 17.1. The molecular formula is C40H64N2O4. The van der Waals surface area contributed by atoms with Crippen LogP contribution in [0.4, 0.5) is 0 Å². The van der Waals surface area contributed by atoms with Gasteiger partial charge in [-0.15, -0.1) is 0 Å². The van der Waals surface area contributed by atoms with Crippen LogP contribution >= 0.6 is 0 Å².